The first-order valence-corrected chi connectivity index (χ1v) is 8.00. The van der Waals surface area contributed by atoms with Gasteiger partial charge in [0.05, 0.1) is 22.1 Å². The summed E-state index contributed by atoms with van der Waals surface area (Å²) in [6.07, 6.45) is 2.74. The fourth-order valence-corrected chi connectivity index (χ4v) is 3.35. The maximum atomic E-state index is 4.45. The number of rotatable bonds is 5. The first-order chi connectivity index (χ1) is 10.3. The molecule has 0 spiro atoms. The third-order valence-electron chi connectivity index (χ3n) is 3.55. The van der Waals surface area contributed by atoms with E-state index in [1.807, 2.05) is 12.3 Å². The van der Waals surface area contributed by atoms with Crippen LogP contribution in [-0.4, -0.2) is 21.1 Å². The molecule has 2 aromatic heterocycles. The molecule has 0 fully saturated rings. The molecule has 0 amide bonds. The summed E-state index contributed by atoms with van der Waals surface area (Å²) >= 11 is 1.48. The molecule has 1 atom stereocenters. The van der Waals surface area contributed by atoms with E-state index in [1.165, 1.54) is 22.0 Å². The lowest BCUT2D eigenvalue weighted by molar-refractivity contribution is 0.633. The lowest BCUT2D eigenvalue weighted by Crippen LogP contribution is -2.22. The minimum atomic E-state index is 0.136. The van der Waals surface area contributed by atoms with Crippen LogP contribution >= 0.6 is 11.5 Å². The average molecular weight is 298 g/mol. The quantitative estimate of drug-likeness (QED) is 0.785. The topological polar surface area (TPSA) is 50.7 Å². The van der Waals surface area contributed by atoms with Gasteiger partial charge in [0.1, 0.15) is 0 Å². The van der Waals surface area contributed by atoms with Gasteiger partial charge in [-0.2, -0.15) is 0 Å². The van der Waals surface area contributed by atoms with Gasteiger partial charge in [0.2, 0.25) is 0 Å². The van der Waals surface area contributed by atoms with Crippen molar-refractivity contribution >= 4 is 22.4 Å². The zero-order valence-corrected chi connectivity index (χ0v) is 13.0. The summed E-state index contributed by atoms with van der Waals surface area (Å²) in [5, 5.41) is 8.94. The van der Waals surface area contributed by atoms with Crippen LogP contribution in [-0.2, 0) is 6.42 Å². The Morgan fingerprint density at radius 2 is 2.14 bits per heavy atom. The smallest absolute Gasteiger partial charge is 0.0804 e. The summed E-state index contributed by atoms with van der Waals surface area (Å²) in [5.74, 6) is 0. The van der Waals surface area contributed by atoms with Crippen LogP contribution in [0.15, 0.2) is 36.5 Å². The van der Waals surface area contributed by atoms with Crippen LogP contribution in [0.25, 0.3) is 10.9 Å². The van der Waals surface area contributed by atoms with Crippen LogP contribution in [0, 0.1) is 0 Å². The highest BCUT2D eigenvalue weighted by atomic mass is 32.1. The fourth-order valence-electron chi connectivity index (χ4n) is 2.51. The summed E-state index contributed by atoms with van der Waals surface area (Å²) < 4.78 is 4.12. The van der Waals surface area contributed by atoms with Gasteiger partial charge in [0.15, 0.2) is 0 Å². The Labute approximate surface area is 128 Å². The molecule has 0 radical (unpaired) electrons. The fraction of sp³-hybridized carbons (Fsp3) is 0.312. The van der Waals surface area contributed by atoms with Crippen LogP contribution < -0.4 is 5.32 Å². The maximum absolute atomic E-state index is 4.45. The predicted octanol–water partition coefficient (Wildman–Crippen LogP) is 3.35. The number of nitrogens with one attached hydrogen (secondary N) is 1. The van der Waals surface area contributed by atoms with Gasteiger partial charge < -0.3 is 5.32 Å². The molecule has 1 unspecified atom stereocenters. The van der Waals surface area contributed by atoms with Crippen LogP contribution in [0.1, 0.15) is 36.0 Å². The largest absolute Gasteiger partial charge is 0.306 e. The van der Waals surface area contributed by atoms with E-state index in [0.29, 0.717) is 0 Å². The van der Waals surface area contributed by atoms with E-state index in [-0.39, 0.29) is 6.04 Å². The summed E-state index contributed by atoms with van der Waals surface area (Å²) in [6.45, 7) is 5.13. The number of fused-ring (bicyclic) bond motifs is 1. The molecule has 3 aromatic rings. The molecule has 21 heavy (non-hydrogen) atoms. The molecule has 0 saturated carbocycles. The van der Waals surface area contributed by atoms with Gasteiger partial charge in [-0.25, -0.2) is 0 Å². The normalized spacial score (nSPS) is 12.7. The standard InChI is InChI=1S/C16H18N4S/c1-3-13-16(21-20-19-13)15(17-4-2)12-8-7-11-6-5-9-18-14(11)10-12/h5-10,15,17H,3-4H2,1-2H3. The summed E-state index contributed by atoms with van der Waals surface area (Å²) in [5.41, 5.74) is 3.31. The molecular formula is C16H18N4S. The number of aromatic nitrogens is 3. The van der Waals surface area contributed by atoms with Crippen molar-refractivity contribution in [3.05, 3.63) is 52.7 Å². The van der Waals surface area contributed by atoms with Crippen molar-refractivity contribution < 1.29 is 0 Å². The predicted molar refractivity (Wildman–Crippen MR) is 86.5 cm³/mol. The second-order valence-electron chi connectivity index (χ2n) is 4.88. The molecule has 0 aliphatic rings. The summed E-state index contributed by atoms with van der Waals surface area (Å²) in [6, 6.07) is 10.6. The Morgan fingerprint density at radius 1 is 1.24 bits per heavy atom. The number of benzene rings is 1. The number of pyridine rings is 1. The minimum Gasteiger partial charge on any atom is -0.306 e. The lowest BCUT2D eigenvalue weighted by atomic mass is 10.0. The van der Waals surface area contributed by atoms with Crippen molar-refractivity contribution in [1.29, 1.82) is 0 Å². The number of nitrogens with zero attached hydrogens (tertiary/aromatic N) is 3. The zero-order chi connectivity index (χ0) is 14.7. The van der Waals surface area contributed by atoms with E-state index >= 15 is 0 Å². The highest BCUT2D eigenvalue weighted by Crippen LogP contribution is 2.29. The van der Waals surface area contributed by atoms with Gasteiger partial charge in [-0.15, -0.1) is 5.10 Å². The summed E-state index contributed by atoms with van der Waals surface area (Å²) in [4.78, 5) is 5.66. The Hall–Kier alpha value is -1.85. The maximum Gasteiger partial charge on any atom is 0.0804 e. The van der Waals surface area contributed by atoms with Gasteiger partial charge in [0, 0.05) is 11.6 Å². The van der Waals surface area contributed by atoms with Gasteiger partial charge in [-0.3, -0.25) is 4.98 Å². The molecule has 5 heteroatoms. The first-order valence-electron chi connectivity index (χ1n) is 7.22. The van der Waals surface area contributed by atoms with Crippen molar-refractivity contribution in [1.82, 2.24) is 19.9 Å². The van der Waals surface area contributed by atoms with E-state index in [2.05, 4.69) is 58.0 Å². The Morgan fingerprint density at radius 3 is 2.95 bits per heavy atom. The van der Waals surface area contributed by atoms with Crippen molar-refractivity contribution in [2.75, 3.05) is 6.54 Å². The Kier molecular flexibility index (Phi) is 4.22. The third-order valence-corrected chi connectivity index (χ3v) is 4.39. The van der Waals surface area contributed by atoms with E-state index in [9.17, 15) is 0 Å². The summed E-state index contributed by atoms with van der Waals surface area (Å²) in [7, 11) is 0. The molecule has 0 saturated heterocycles. The van der Waals surface area contributed by atoms with Gasteiger partial charge in [-0.05, 0) is 42.2 Å². The molecule has 1 aromatic carbocycles. The van der Waals surface area contributed by atoms with Crippen LogP contribution in [0.3, 0.4) is 0 Å². The third kappa shape index (κ3) is 2.80. The molecule has 2 heterocycles. The molecule has 0 bridgehead atoms. The van der Waals surface area contributed by atoms with Crippen molar-refractivity contribution in [3.8, 4) is 0 Å². The van der Waals surface area contributed by atoms with Crippen molar-refractivity contribution in [2.24, 2.45) is 0 Å². The second-order valence-corrected chi connectivity index (χ2v) is 5.67. The molecule has 3 rings (SSSR count). The average Bonchev–Trinajstić information content (AvgIpc) is 3.00. The second kappa shape index (κ2) is 6.28. The Balaban J connectivity index is 2.06. The van der Waals surface area contributed by atoms with Crippen LogP contribution in [0.5, 0.6) is 0 Å². The Bertz CT molecular complexity index is 738. The molecule has 1 N–H and O–H groups in total. The van der Waals surface area contributed by atoms with Gasteiger partial charge in [-0.1, -0.05) is 36.5 Å². The monoisotopic (exact) mass is 298 g/mol. The molecule has 0 aliphatic carbocycles. The van der Waals surface area contributed by atoms with Gasteiger partial charge in [0.25, 0.3) is 0 Å². The molecule has 108 valence electrons. The molecule has 0 aliphatic heterocycles. The minimum absolute atomic E-state index is 0.136. The van der Waals surface area contributed by atoms with Crippen molar-refractivity contribution in [3.63, 3.8) is 0 Å². The lowest BCUT2D eigenvalue weighted by Gasteiger charge is -2.17. The van der Waals surface area contributed by atoms with E-state index in [1.54, 1.807) is 0 Å². The highest BCUT2D eigenvalue weighted by Gasteiger charge is 2.20. The number of aryl methyl sites for hydroxylation is 1. The van der Waals surface area contributed by atoms with E-state index in [4.69, 9.17) is 0 Å². The SMILES string of the molecule is CCNC(c1ccc2cccnc2c1)c1snnc1CC. The zero-order valence-electron chi connectivity index (χ0n) is 12.2. The van der Waals surface area contributed by atoms with Crippen LogP contribution in [0.4, 0.5) is 0 Å². The molecule has 4 nitrogen and oxygen atoms in total. The van der Waals surface area contributed by atoms with E-state index < -0.39 is 0 Å². The van der Waals surface area contributed by atoms with Crippen LogP contribution in [0.2, 0.25) is 0 Å². The van der Waals surface area contributed by atoms with E-state index in [0.717, 1.165) is 29.6 Å². The number of hydrogen-bond acceptors (Lipinski definition) is 5. The van der Waals surface area contributed by atoms with Crippen molar-refractivity contribution in [2.45, 2.75) is 26.3 Å². The highest BCUT2D eigenvalue weighted by molar-refractivity contribution is 7.05. The first kappa shape index (κ1) is 14.1. The van der Waals surface area contributed by atoms with Gasteiger partial charge >= 0.3 is 0 Å². The number of hydrogen-bond donors (Lipinski definition) is 1. The molecular weight excluding hydrogens is 280 g/mol.